The van der Waals surface area contributed by atoms with Gasteiger partial charge in [-0.15, -0.1) is 0 Å². The zero-order chi connectivity index (χ0) is 15.1. The number of aromatic nitrogens is 2. The van der Waals surface area contributed by atoms with Gasteiger partial charge in [-0.1, -0.05) is 22.7 Å². The molecule has 10 heteroatoms. The van der Waals surface area contributed by atoms with Gasteiger partial charge in [0.05, 0.1) is 11.9 Å². The number of aliphatic carboxylic acids is 2. The molecule has 2 heterocycles. The number of H-pyrrole nitrogens is 2. The molecule has 0 spiro atoms. The quantitative estimate of drug-likeness (QED) is 0.586. The first-order chi connectivity index (χ1) is 9.38. The van der Waals surface area contributed by atoms with E-state index in [-0.39, 0.29) is 0 Å². The summed E-state index contributed by atoms with van der Waals surface area (Å²) in [5.74, 6) is -3.09. The zero-order valence-electron chi connectivity index (χ0n) is 9.91. The van der Waals surface area contributed by atoms with Crippen molar-refractivity contribution < 1.29 is 29.8 Å². The van der Waals surface area contributed by atoms with Crippen molar-refractivity contribution in [3.63, 3.8) is 0 Å². The Balaban J connectivity index is 0.000000221. The third-order valence-corrected chi connectivity index (χ3v) is 3.19. The molecule has 0 aromatic carbocycles. The number of hydrogen-bond acceptors (Lipinski definition) is 8. The van der Waals surface area contributed by atoms with E-state index in [4.69, 9.17) is 11.5 Å². The SMILES string of the molecule is Nc1[nH+]c(-c2csc(N)[nH+]2)cs1.O=C([O-])/C=C/C(=O)[O-]. The summed E-state index contributed by atoms with van der Waals surface area (Å²) in [6.45, 7) is 0. The molecule has 0 aliphatic carbocycles. The van der Waals surface area contributed by atoms with Crippen molar-refractivity contribution in [1.29, 1.82) is 0 Å². The highest BCUT2D eigenvalue weighted by Gasteiger charge is 2.12. The summed E-state index contributed by atoms with van der Waals surface area (Å²) in [6, 6.07) is 0. The first kappa shape index (κ1) is 15.6. The van der Waals surface area contributed by atoms with Crippen molar-refractivity contribution in [2.24, 2.45) is 0 Å². The van der Waals surface area contributed by atoms with Gasteiger partial charge in [0, 0.05) is 10.8 Å². The molecule has 106 valence electrons. The Bertz CT molecular complexity index is 580. The molecule has 0 bridgehead atoms. The van der Waals surface area contributed by atoms with E-state index < -0.39 is 11.9 Å². The number of nitrogens with one attached hydrogen (secondary N) is 2. The Kier molecular flexibility index (Phi) is 5.62. The minimum atomic E-state index is -1.55. The van der Waals surface area contributed by atoms with Crippen LogP contribution in [0.2, 0.25) is 0 Å². The lowest BCUT2D eigenvalue weighted by Gasteiger charge is -1.90. The van der Waals surface area contributed by atoms with Crippen LogP contribution in [0.3, 0.4) is 0 Å². The van der Waals surface area contributed by atoms with Crippen molar-refractivity contribution in [1.82, 2.24) is 0 Å². The number of carboxylic acid groups (broad SMARTS) is 2. The summed E-state index contributed by atoms with van der Waals surface area (Å²) in [5, 5.41) is 24.1. The van der Waals surface area contributed by atoms with E-state index in [1.165, 1.54) is 22.7 Å². The smallest absolute Gasteiger partial charge is 0.330 e. The molecule has 0 aliphatic heterocycles. The average Bonchev–Trinajstić information content (AvgIpc) is 2.96. The molecular weight excluding hydrogens is 304 g/mol. The monoisotopic (exact) mass is 314 g/mol. The number of carbonyl (C=O) groups excluding carboxylic acids is 2. The number of carbonyl (C=O) groups is 2. The maximum atomic E-state index is 9.41. The highest BCUT2D eigenvalue weighted by atomic mass is 32.1. The molecule has 0 saturated heterocycles. The third-order valence-electron chi connectivity index (χ3n) is 1.77. The Morgan fingerprint density at radius 3 is 1.50 bits per heavy atom. The molecule has 6 N–H and O–H groups in total. The van der Waals surface area contributed by atoms with Gasteiger partial charge in [0.1, 0.15) is 0 Å². The van der Waals surface area contributed by atoms with E-state index in [1.54, 1.807) is 0 Å². The summed E-state index contributed by atoms with van der Waals surface area (Å²) in [6.07, 6.45) is 0.769. The molecule has 0 unspecified atom stereocenters. The first-order valence-corrected chi connectivity index (χ1v) is 6.77. The normalized spacial score (nSPS) is 10.0. The van der Waals surface area contributed by atoms with Crippen LogP contribution in [-0.2, 0) is 9.59 Å². The van der Waals surface area contributed by atoms with Crippen LogP contribution in [-0.4, -0.2) is 11.9 Å². The maximum Gasteiger partial charge on any atom is 0.330 e. The lowest BCUT2D eigenvalue weighted by molar-refractivity contribution is -0.378. The molecular formula is C10H10N4O4S2. The highest BCUT2D eigenvalue weighted by molar-refractivity contribution is 7.14. The third kappa shape index (κ3) is 5.46. The van der Waals surface area contributed by atoms with E-state index in [1.807, 2.05) is 10.8 Å². The molecule has 0 radical (unpaired) electrons. The van der Waals surface area contributed by atoms with Crippen molar-refractivity contribution in [2.45, 2.75) is 0 Å². The predicted octanol–water partition coefficient (Wildman–Crippen LogP) is -2.69. The van der Waals surface area contributed by atoms with Crippen LogP contribution < -0.4 is 31.6 Å². The number of nitrogen functional groups attached to an aromatic ring is 2. The van der Waals surface area contributed by atoms with Gasteiger partial charge in [0.15, 0.2) is 11.4 Å². The van der Waals surface area contributed by atoms with Gasteiger partial charge in [-0.05, 0) is 12.2 Å². The Labute approximate surface area is 121 Å². The van der Waals surface area contributed by atoms with Crippen molar-refractivity contribution in [2.75, 3.05) is 11.5 Å². The fraction of sp³-hybridized carbons (Fsp3) is 0. The zero-order valence-corrected chi connectivity index (χ0v) is 11.5. The number of aromatic amines is 2. The molecule has 20 heavy (non-hydrogen) atoms. The number of thiazole rings is 2. The highest BCUT2D eigenvalue weighted by Crippen LogP contribution is 2.18. The van der Waals surface area contributed by atoms with E-state index in [0.717, 1.165) is 11.4 Å². The molecule has 0 aliphatic rings. The van der Waals surface area contributed by atoms with Crippen molar-refractivity contribution in [3.8, 4) is 11.4 Å². The summed E-state index contributed by atoms with van der Waals surface area (Å²) in [5.41, 5.74) is 13.0. The first-order valence-electron chi connectivity index (χ1n) is 5.01. The topological polar surface area (TPSA) is 161 Å². The van der Waals surface area contributed by atoms with Crippen LogP contribution in [0.15, 0.2) is 22.9 Å². The molecule has 2 aromatic rings. The van der Waals surface area contributed by atoms with Crippen LogP contribution >= 0.6 is 22.7 Å². The van der Waals surface area contributed by atoms with Crippen LogP contribution in [0.25, 0.3) is 11.4 Å². The van der Waals surface area contributed by atoms with Gasteiger partial charge in [0.25, 0.3) is 0 Å². The van der Waals surface area contributed by atoms with Crippen LogP contribution in [0.5, 0.6) is 0 Å². The molecule has 0 saturated carbocycles. The minimum absolute atomic E-state index is 0.384. The van der Waals surface area contributed by atoms with E-state index >= 15 is 0 Å². The Morgan fingerprint density at radius 1 is 0.950 bits per heavy atom. The number of hydrogen-bond donors (Lipinski definition) is 2. The van der Waals surface area contributed by atoms with Crippen molar-refractivity contribution in [3.05, 3.63) is 22.9 Å². The average molecular weight is 314 g/mol. The molecule has 0 amide bonds. The lowest BCUT2D eigenvalue weighted by Crippen LogP contribution is -2.23. The van der Waals surface area contributed by atoms with Gasteiger partial charge in [-0.25, -0.2) is 9.97 Å². The van der Waals surface area contributed by atoms with Crippen LogP contribution in [0, 0.1) is 0 Å². The van der Waals surface area contributed by atoms with E-state index in [9.17, 15) is 19.8 Å². The minimum Gasteiger partial charge on any atom is -0.545 e. The Morgan fingerprint density at radius 2 is 1.30 bits per heavy atom. The molecule has 8 nitrogen and oxygen atoms in total. The summed E-state index contributed by atoms with van der Waals surface area (Å²) >= 11 is 2.95. The van der Waals surface area contributed by atoms with E-state index in [0.29, 0.717) is 22.4 Å². The standard InChI is InChI=1S/C6H6N4S2.C4H4O4/c7-5-9-3(1-11-5)4-2-12-6(8)10-4;5-3(6)1-2-4(7)8/h1-2H,(H2,7,9)(H2,8,10);1-2H,(H,5,6)(H,7,8)/b;2-1+. The van der Waals surface area contributed by atoms with Crippen LogP contribution in [0.4, 0.5) is 10.3 Å². The molecule has 0 fully saturated rings. The summed E-state index contributed by atoms with van der Waals surface area (Å²) in [7, 11) is 0. The van der Waals surface area contributed by atoms with Gasteiger partial charge >= 0.3 is 10.3 Å². The van der Waals surface area contributed by atoms with Gasteiger partial charge < -0.3 is 19.8 Å². The number of anilines is 2. The summed E-state index contributed by atoms with van der Waals surface area (Å²) < 4.78 is 0. The predicted molar refractivity (Wildman–Crippen MR) is 68.7 cm³/mol. The second-order valence-electron chi connectivity index (χ2n) is 3.25. The molecule has 2 rings (SSSR count). The second kappa shape index (κ2) is 7.21. The summed E-state index contributed by atoms with van der Waals surface area (Å²) in [4.78, 5) is 24.9. The van der Waals surface area contributed by atoms with Gasteiger partial charge in [-0.2, -0.15) is 0 Å². The number of rotatable bonds is 3. The number of carboxylic acids is 2. The largest absolute Gasteiger partial charge is 0.545 e. The number of nitrogens with two attached hydrogens (primary N) is 2. The van der Waals surface area contributed by atoms with Crippen molar-refractivity contribution >= 4 is 44.9 Å². The van der Waals surface area contributed by atoms with E-state index in [2.05, 4.69) is 9.97 Å². The second-order valence-corrected chi connectivity index (χ2v) is 5.07. The fourth-order valence-electron chi connectivity index (χ4n) is 1.03. The molecule has 0 atom stereocenters. The van der Waals surface area contributed by atoms with Gasteiger partial charge in [-0.3, -0.25) is 11.5 Å². The van der Waals surface area contributed by atoms with Crippen LogP contribution in [0.1, 0.15) is 0 Å². The van der Waals surface area contributed by atoms with Gasteiger partial charge in [0.2, 0.25) is 0 Å². The molecule has 2 aromatic heterocycles. The fourth-order valence-corrected chi connectivity index (χ4v) is 2.23. The maximum absolute atomic E-state index is 9.41. The Hall–Kier alpha value is -2.46. The lowest BCUT2D eigenvalue weighted by atomic mass is 10.4.